The smallest absolute Gasteiger partial charge is 0.269 e. The summed E-state index contributed by atoms with van der Waals surface area (Å²) >= 11 is 0. The number of amides is 1. The number of nitro groups is 1. The molecule has 170 valence electrons. The van der Waals surface area contributed by atoms with Crippen LogP contribution in [0.25, 0.3) is 0 Å². The molecule has 8 heteroatoms. The molecule has 2 rings (SSSR count). The Kier molecular flexibility index (Phi) is 11.8. The molecule has 0 saturated heterocycles. The van der Waals surface area contributed by atoms with E-state index >= 15 is 0 Å². The lowest BCUT2D eigenvalue weighted by atomic mass is 9.98. The number of hydrogen-bond acceptors (Lipinski definition) is 5. The molecular formula is C23H32ClN3O4. The van der Waals surface area contributed by atoms with Crippen LogP contribution < -0.4 is 0 Å². The van der Waals surface area contributed by atoms with E-state index in [-0.39, 0.29) is 30.0 Å². The number of hydrogen-bond donors (Lipinski definition) is 1. The van der Waals surface area contributed by atoms with Gasteiger partial charge in [0.15, 0.2) is 0 Å². The predicted molar refractivity (Wildman–Crippen MR) is 124 cm³/mol. The topological polar surface area (TPSA) is 86.9 Å². The molecule has 0 heterocycles. The number of unbranched alkanes of at least 4 members (excludes halogenated alkanes) is 1. The summed E-state index contributed by atoms with van der Waals surface area (Å²) < 4.78 is 0. The van der Waals surface area contributed by atoms with Crippen LogP contribution in [0, 0.1) is 10.1 Å². The lowest BCUT2D eigenvalue weighted by Crippen LogP contribution is -2.36. The maximum atomic E-state index is 13.1. The number of nitro benzene ring substituents is 1. The third-order valence-corrected chi connectivity index (χ3v) is 5.40. The second-order valence-electron chi connectivity index (χ2n) is 7.17. The summed E-state index contributed by atoms with van der Waals surface area (Å²) in [5, 5.41) is 20.9. The molecule has 1 N–H and O–H groups in total. The Labute approximate surface area is 190 Å². The van der Waals surface area contributed by atoms with E-state index < -0.39 is 11.7 Å². The van der Waals surface area contributed by atoms with E-state index in [1.54, 1.807) is 0 Å². The van der Waals surface area contributed by atoms with Crippen molar-refractivity contribution in [3.05, 3.63) is 75.8 Å². The van der Waals surface area contributed by atoms with Gasteiger partial charge in [0.05, 0.1) is 11.0 Å². The molecule has 0 aliphatic carbocycles. The van der Waals surface area contributed by atoms with E-state index in [4.69, 9.17) is 0 Å². The number of aliphatic hydroxyl groups is 1. The number of carbonyl (C=O) groups is 1. The number of nitrogens with zero attached hydrogens (tertiary/aromatic N) is 3. The minimum absolute atomic E-state index is 0. The van der Waals surface area contributed by atoms with Gasteiger partial charge in [-0.1, -0.05) is 44.2 Å². The molecule has 1 atom stereocenters. The Morgan fingerprint density at radius 2 is 1.65 bits per heavy atom. The van der Waals surface area contributed by atoms with E-state index in [0.717, 1.165) is 44.5 Å². The van der Waals surface area contributed by atoms with Crippen LogP contribution in [0.5, 0.6) is 0 Å². The third-order valence-electron chi connectivity index (χ3n) is 5.40. The van der Waals surface area contributed by atoms with Crippen LogP contribution in [0.4, 0.5) is 5.69 Å². The highest BCUT2D eigenvalue weighted by atomic mass is 35.5. The third kappa shape index (κ3) is 7.61. The van der Waals surface area contributed by atoms with Gasteiger partial charge in [-0.15, -0.1) is 12.4 Å². The zero-order chi connectivity index (χ0) is 21.9. The van der Waals surface area contributed by atoms with Gasteiger partial charge in [0.2, 0.25) is 0 Å². The molecule has 0 aromatic heterocycles. The molecule has 31 heavy (non-hydrogen) atoms. The van der Waals surface area contributed by atoms with Crippen LogP contribution in [0.3, 0.4) is 0 Å². The second kappa shape index (κ2) is 13.7. The molecule has 0 saturated carbocycles. The maximum Gasteiger partial charge on any atom is 0.269 e. The van der Waals surface area contributed by atoms with Crippen LogP contribution >= 0.6 is 12.4 Å². The lowest BCUT2D eigenvalue weighted by molar-refractivity contribution is -0.384. The van der Waals surface area contributed by atoms with E-state index in [2.05, 4.69) is 18.7 Å². The highest BCUT2D eigenvalue weighted by Gasteiger charge is 2.25. The van der Waals surface area contributed by atoms with Crippen molar-refractivity contribution in [2.45, 2.75) is 39.2 Å². The minimum atomic E-state index is -0.499. The molecule has 0 spiro atoms. The number of aliphatic hydroxyl groups excluding tert-OH is 1. The van der Waals surface area contributed by atoms with Gasteiger partial charge >= 0.3 is 0 Å². The summed E-state index contributed by atoms with van der Waals surface area (Å²) in [6.07, 6.45) is 2.65. The number of halogens is 1. The summed E-state index contributed by atoms with van der Waals surface area (Å²) in [7, 11) is 0. The predicted octanol–water partition coefficient (Wildman–Crippen LogP) is 4.66. The average Bonchev–Trinajstić information content (AvgIpc) is 2.78. The quantitative estimate of drug-likeness (QED) is 0.220. The Bertz CT molecular complexity index is 798. The summed E-state index contributed by atoms with van der Waals surface area (Å²) in [6, 6.07) is 14.9. The molecule has 0 radical (unpaired) electrons. The molecule has 2 aromatic carbocycles. The summed E-state index contributed by atoms with van der Waals surface area (Å²) in [6.45, 7) is 6.90. The first-order chi connectivity index (χ1) is 14.5. The molecule has 0 aliphatic rings. The zero-order valence-electron chi connectivity index (χ0n) is 18.1. The molecule has 0 bridgehead atoms. The van der Waals surface area contributed by atoms with Gasteiger partial charge in [0.1, 0.15) is 6.73 Å². The molecule has 0 aliphatic heterocycles. The van der Waals surface area contributed by atoms with Gasteiger partial charge in [-0.2, -0.15) is 0 Å². The van der Waals surface area contributed by atoms with Gasteiger partial charge in [-0.25, -0.2) is 0 Å². The van der Waals surface area contributed by atoms with Crippen LogP contribution in [-0.4, -0.2) is 52.1 Å². The maximum absolute atomic E-state index is 13.1. The number of carbonyl (C=O) groups excluding carboxylic acids is 1. The Hall–Kier alpha value is -2.48. The van der Waals surface area contributed by atoms with Gasteiger partial charge < -0.3 is 14.9 Å². The van der Waals surface area contributed by atoms with E-state index in [1.807, 2.05) is 30.3 Å². The van der Waals surface area contributed by atoms with Gasteiger partial charge in [0.25, 0.3) is 11.6 Å². The van der Waals surface area contributed by atoms with E-state index in [0.29, 0.717) is 5.56 Å². The molecule has 0 fully saturated rings. The van der Waals surface area contributed by atoms with Crippen LogP contribution in [-0.2, 0) is 0 Å². The standard InChI is InChI=1S/C23H31N3O4.ClH/c1-3-24(4-2)17-9-8-12-22(19-10-6-5-7-11-19)25(18-27)23(28)20-13-15-21(16-14-20)26(29)30;/h5-7,10-11,13-16,22,27H,3-4,8-9,12,17-18H2,1-2H3;1H. The van der Waals surface area contributed by atoms with E-state index in [1.165, 1.54) is 29.2 Å². The van der Waals surface area contributed by atoms with Crippen molar-refractivity contribution in [1.82, 2.24) is 9.80 Å². The Morgan fingerprint density at radius 1 is 1.03 bits per heavy atom. The lowest BCUT2D eigenvalue weighted by Gasteiger charge is -2.31. The van der Waals surface area contributed by atoms with Crippen molar-refractivity contribution in [1.29, 1.82) is 0 Å². The van der Waals surface area contributed by atoms with Crippen molar-refractivity contribution in [2.75, 3.05) is 26.4 Å². The van der Waals surface area contributed by atoms with Crippen LogP contribution in [0.15, 0.2) is 54.6 Å². The fraction of sp³-hybridized carbons (Fsp3) is 0.435. The van der Waals surface area contributed by atoms with Gasteiger partial charge in [-0.05, 0) is 56.6 Å². The van der Waals surface area contributed by atoms with Gasteiger partial charge in [0, 0.05) is 17.7 Å². The number of rotatable bonds is 12. The van der Waals surface area contributed by atoms with Crippen molar-refractivity contribution in [3.8, 4) is 0 Å². The molecule has 1 unspecified atom stereocenters. The van der Waals surface area contributed by atoms with E-state index in [9.17, 15) is 20.0 Å². The first kappa shape index (κ1) is 26.6. The minimum Gasteiger partial charge on any atom is -0.376 e. The number of benzene rings is 2. The summed E-state index contributed by atoms with van der Waals surface area (Å²) in [5.41, 5.74) is 1.21. The first-order valence-electron chi connectivity index (χ1n) is 10.4. The fourth-order valence-electron chi connectivity index (χ4n) is 3.59. The van der Waals surface area contributed by atoms with Crippen LogP contribution in [0.2, 0.25) is 0 Å². The molecular weight excluding hydrogens is 418 g/mol. The van der Waals surface area contributed by atoms with Gasteiger partial charge in [-0.3, -0.25) is 14.9 Å². The average molecular weight is 450 g/mol. The summed E-state index contributed by atoms with van der Waals surface area (Å²) in [4.78, 5) is 27.3. The second-order valence-corrected chi connectivity index (χ2v) is 7.17. The normalized spacial score (nSPS) is 11.6. The SMILES string of the molecule is CCN(CC)CCCCC(c1ccccc1)N(CO)C(=O)c1ccc([N+](=O)[O-])cc1.Cl. The Morgan fingerprint density at radius 3 is 2.16 bits per heavy atom. The van der Waals surface area contributed by atoms with Crippen molar-refractivity contribution >= 4 is 24.0 Å². The molecule has 7 nitrogen and oxygen atoms in total. The molecule has 2 aromatic rings. The van der Waals surface area contributed by atoms with Crippen molar-refractivity contribution < 1.29 is 14.8 Å². The van der Waals surface area contributed by atoms with Crippen LogP contribution in [0.1, 0.15) is 55.1 Å². The number of non-ortho nitro benzene ring substituents is 1. The van der Waals surface area contributed by atoms with Crippen molar-refractivity contribution in [3.63, 3.8) is 0 Å². The molecule has 1 amide bonds. The monoisotopic (exact) mass is 449 g/mol. The highest BCUT2D eigenvalue weighted by Crippen LogP contribution is 2.28. The highest BCUT2D eigenvalue weighted by molar-refractivity contribution is 5.94. The van der Waals surface area contributed by atoms with Crippen molar-refractivity contribution in [2.24, 2.45) is 0 Å². The fourth-order valence-corrected chi connectivity index (χ4v) is 3.59. The Balaban J connectivity index is 0.00000480. The largest absolute Gasteiger partial charge is 0.376 e. The zero-order valence-corrected chi connectivity index (χ0v) is 19.0. The first-order valence-corrected chi connectivity index (χ1v) is 10.4. The summed E-state index contributed by atoms with van der Waals surface area (Å²) in [5.74, 6) is -0.343.